The third-order valence-corrected chi connectivity index (χ3v) is 5.70. The van der Waals surface area contributed by atoms with E-state index in [0.29, 0.717) is 27.9 Å². The van der Waals surface area contributed by atoms with Gasteiger partial charge in [-0.15, -0.1) is 10.2 Å². The second-order valence-electron chi connectivity index (χ2n) is 6.91. The fourth-order valence-electron chi connectivity index (χ4n) is 3.15. The highest BCUT2D eigenvalue weighted by molar-refractivity contribution is 7.98. The molecule has 0 saturated heterocycles. The summed E-state index contributed by atoms with van der Waals surface area (Å²) in [5.74, 6) is 0.329. The maximum absolute atomic E-state index is 13.3. The minimum Gasteiger partial charge on any atom is -0.465 e. The van der Waals surface area contributed by atoms with E-state index in [0.717, 1.165) is 17.7 Å². The number of hydrogen-bond acceptors (Lipinski definition) is 6. The van der Waals surface area contributed by atoms with Crippen LogP contribution in [0.3, 0.4) is 0 Å². The SMILES string of the molecule is COC(=O)c1cccc(CSc2nnc(-c3cccnc3)n2-c2cccc(C(F)(F)F)c2)c1. The summed E-state index contributed by atoms with van der Waals surface area (Å²) in [5, 5.41) is 8.85. The van der Waals surface area contributed by atoms with Crippen molar-refractivity contribution in [2.75, 3.05) is 7.11 Å². The van der Waals surface area contributed by atoms with Crippen LogP contribution in [0.5, 0.6) is 0 Å². The van der Waals surface area contributed by atoms with Crippen molar-refractivity contribution in [2.24, 2.45) is 0 Å². The zero-order chi connectivity index (χ0) is 23.4. The number of pyridine rings is 1. The lowest BCUT2D eigenvalue weighted by Gasteiger charge is -2.13. The largest absolute Gasteiger partial charge is 0.465 e. The number of halogens is 3. The number of esters is 1. The van der Waals surface area contributed by atoms with Gasteiger partial charge in [0, 0.05) is 23.7 Å². The molecule has 0 aliphatic heterocycles. The first kappa shape index (κ1) is 22.5. The highest BCUT2D eigenvalue weighted by Gasteiger charge is 2.31. The molecular weight excluding hydrogens is 453 g/mol. The molecule has 2 aromatic heterocycles. The quantitative estimate of drug-likeness (QED) is 0.277. The standard InChI is InChI=1S/C23H17F3N4O2S/c1-32-21(31)16-6-2-5-15(11-16)14-33-22-29-28-20(17-7-4-10-27-13-17)30(22)19-9-3-8-18(12-19)23(24,25)26/h2-13H,14H2,1H3. The van der Waals surface area contributed by atoms with Crippen molar-refractivity contribution in [1.29, 1.82) is 0 Å². The Morgan fingerprint density at radius 2 is 1.88 bits per heavy atom. The molecule has 6 nitrogen and oxygen atoms in total. The van der Waals surface area contributed by atoms with E-state index < -0.39 is 17.7 Å². The summed E-state index contributed by atoms with van der Waals surface area (Å²) in [5.41, 5.74) is 1.35. The van der Waals surface area contributed by atoms with E-state index in [4.69, 9.17) is 4.74 Å². The first-order valence-electron chi connectivity index (χ1n) is 9.70. The number of thioether (sulfide) groups is 1. The van der Waals surface area contributed by atoms with Gasteiger partial charge in [0.15, 0.2) is 11.0 Å². The number of rotatable bonds is 6. The molecule has 0 atom stereocenters. The molecule has 2 aromatic carbocycles. The fraction of sp³-hybridized carbons (Fsp3) is 0.130. The van der Waals surface area contributed by atoms with Crippen molar-refractivity contribution in [3.05, 3.63) is 89.7 Å². The van der Waals surface area contributed by atoms with Crippen molar-refractivity contribution < 1.29 is 22.7 Å². The van der Waals surface area contributed by atoms with E-state index in [1.54, 1.807) is 53.4 Å². The third-order valence-electron chi connectivity index (χ3n) is 4.70. The van der Waals surface area contributed by atoms with Crippen LogP contribution >= 0.6 is 11.8 Å². The van der Waals surface area contributed by atoms with Crippen molar-refractivity contribution in [3.63, 3.8) is 0 Å². The zero-order valence-electron chi connectivity index (χ0n) is 17.3. The van der Waals surface area contributed by atoms with E-state index in [2.05, 4.69) is 15.2 Å². The lowest BCUT2D eigenvalue weighted by atomic mass is 10.1. The fourth-order valence-corrected chi connectivity index (χ4v) is 4.05. The number of ether oxygens (including phenoxy) is 1. The molecule has 0 radical (unpaired) electrons. The maximum atomic E-state index is 13.3. The monoisotopic (exact) mass is 470 g/mol. The minimum atomic E-state index is -4.49. The van der Waals surface area contributed by atoms with E-state index in [1.165, 1.54) is 24.9 Å². The summed E-state index contributed by atoms with van der Waals surface area (Å²) in [6.07, 6.45) is -1.32. The smallest absolute Gasteiger partial charge is 0.416 e. The molecule has 4 rings (SSSR count). The van der Waals surface area contributed by atoms with Gasteiger partial charge < -0.3 is 4.74 Å². The Kier molecular flexibility index (Phi) is 6.45. The van der Waals surface area contributed by atoms with Gasteiger partial charge in [0.2, 0.25) is 0 Å². The zero-order valence-corrected chi connectivity index (χ0v) is 18.1. The van der Waals surface area contributed by atoms with Gasteiger partial charge in [-0.1, -0.05) is 30.0 Å². The predicted molar refractivity (Wildman–Crippen MR) is 117 cm³/mol. The Balaban J connectivity index is 1.73. The van der Waals surface area contributed by atoms with Crippen LogP contribution in [0.25, 0.3) is 17.1 Å². The molecule has 10 heteroatoms. The molecule has 168 valence electrons. The van der Waals surface area contributed by atoms with E-state index in [9.17, 15) is 18.0 Å². The Hall–Kier alpha value is -3.66. The first-order chi connectivity index (χ1) is 15.9. The average molecular weight is 470 g/mol. The van der Waals surface area contributed by atoms with Gasteiger partial charge in [0.1, 0.15) is 0 Å². The van der Waals surface area contributed by atoms with Gasteiger partial charge in [-0.3, -0.25) is 9.55 Å². The van der Waals surface area contributed by atoms with E-state index in [1.807, 2.05) is 6.07 Å². The maximum Gasteiger partial charge on any atom is 0.416 e. The normalized spacial score (nSPS) is 11.4. The summed E-state index contributed by atoms with van der Waals surface area (Å²) in [7, 11) is 1.31. The highest BCUT2D eigenvalue weighted by atomic mass is 32.2. The number of nitrogens with zero attached hydrogens (tertiary/aromatic N) is 4. The van der Waals surface area contributed by atoms with Gasteiger partial charge in [-0.05, 0) is 48.0 Å². The molecule has 2 heterocycles. The van der Waals surface area contributed by atoms with Gasteiger partial charge in [-0.25, -0.2) is 4.79 Å². The van der Waals surface area contributed by atoms with Crippen LogP contribution in [0.2, 0.25) is 0 Å². The number of carbonyl (C=O) groups is 1. The van der Waals surface area contributed by atoms with Gasteiger partial charge in [0.25, 0.3) is 0 Å². The van der Waals surface area contributed by atoms with Crippen molar-refractivity contribution in [1.82, 2.24) is 19.7 Å². The van der Waals surface area contributed by atoms with Crippen LogP contribution in [0.4, 0.5) is 13.2 Å². The molecule has 0 fully saturated rings. The number of aromatic nitrogens is 4. The van der Waals surface area contributed by atoms with Crippen LogP contribution in [-0.2, 0) is 16.7 Å². The second kappa shape index (κ2) is 9.45. The molecule has 0 bridgehead atoms. The lowest BCUT2D eigenvalue weighted by molar-refractivity contribution is -0.137. The summed E-state index contributed by atoms with van der Waals surface area (Å²) >= 11 is 1.29. The molecule has 0 N–H and O–H groups in total. The van der Waals surface area contributed by atoms with Crippen LogP contribution in [-0.4, -0.2) is 32.8 Å². The molecule has 0 amide bonds. The summed E-state index contributed by atoms with van der Waals surface area (Å²) in [6.45, 7) is 0. The number of hydrogen-bond donors (Lipinski definition) is 0. The predicted octanol–water partition coefficient (Wildman–Crippen LogP) is 5.43. The first-order valence-corrected chi connectivity index (χ1v) is 10.7. The van der Waals surface area contributed by atoms with Gasteiger partial charge >= 0.3 is 12.1 Å². The van der Waals surface area contributed by atoms with Crippen LogP contribution in [0.15, 0.2) is 78.2 Å². The summed E-state index contributed by atoms with van der Waals surface area (Å²) in [6, 6.07) is 15.4. The molecule has 0 unspecified atom stereocenters. The van der Waals surface area contributed by atoms with Crippen LogP contribution in [0, 0.1) is 0 Å². The molecule has 4 aromatic rings. The topological polar surface area (TPSA) is 69.9 Å². The van der Waals surface area contributed by atoms with Crippen molar-refractivity contribution in [3.8, 4) is 17.1 Å². The van der Waals surface area contributed by atoms with Crippen molar-refractivity contribution in [2.45, 2.75) is 17.1 Å². The number of carbonyl (C=O) groups excluding carboxylic acids is 1. The molecule has 0 aliphatic rings. The number of benzene rings is 2. The lowest BCUT2D eigenvalue weighted by Crippen LogP contribution is -2.07. The summed E-state index contributed by atoms with van der Waals surface area (Å²) in [4.78, 5) is 15.9. The Labute approximate surface area is 191 Å². The van der Waals surface area contributed by atoms with E-state index >= 15 is 0 Å². The van der Waals surface area contributed by atoms with Crippen molar-refractivity contribution >= 4 is 17.7 Å². The second-order valence-corrected chi connectivity index (χ2v) is 7.85. The highest BCUT2D eigenvalue weighted by Crippen LogP contribution is 2.34. The number of alkyl halides is 3. The van der Waals surface area contributed by atoms with Crippen LogP contribution < -0.4 is 0 Å². The molecule has 0 spiro atoms. The number of methoxy groups -OCH3 is 1. The molecule has 0 saturated carbocycles. The average Bonchev–Trinajstić information content (AvgIpc) is 3.26. The summed E-state index contributed by atoms with van der Waals surface area (Å²) < 4.78 is 46.3. The van der Waals surface area contributed by atoms with Crippen LogP contribution in [0.1, 0.15) is 21.5 Å². The molecule has 0 aliphatic carbocycles. The molecule has 33 heavy (non-hydrogen) atoms. The van der Waals surface area contributed by atoms with Gasteiger partial charge in [-0.2, -0.15) is 13.2 Å². The minimum absolute atomic E-state index is 0.277. The van der Waals surface area contributed by atoms with Gasteiger partial charge in [0.05, 0.1) is 23.9 Å². The van der Waals surface area contributed by atoms with E-state index in [-0.39, 0.29) is 5.69 Å². The Morgan fingerprint density at radius 3 is 2.61 bits per heavy atom. The molecular formula is C23H17F3N4O2S. The Morgan fingerprint density at radius 1 is 1.06 bits per heavy atom. The Bertz CT molecular complexity index is 1280. The third kappa shape index (κ3) is 5.06.